The number of amides is 1. The first-order valence-electron chi connectivity index (χ1n) is 9.53. The highest BCUT2D eigenvalue weighted by Gasteiger charge is 2.29. The molecule has 0 aliphatic carbocycles. The predicted octanol–water partition coefficient (Wildman–Crippen LogP) is 2.94. The zero-order chi connectivity index (χ0) is 19.6. The van der Waals surface area contributed by atoms with Crippen LogP contribution in [0.25, 0.3) is 0 Å². The Morgan fingerprint density at radius 2 is 1.89 bits per heavy atom. The Morgan fingerprint density at radius 1 is 1.07 bits per heavy atom. The molecule has 0 saturated carbocycles. The molecular weight excluding hydrogens is 394 g/mol. The summed E-state index contributed by atoms with van der Waals surface area (Å²) in [6, 6.07) is 10.8. The maximum Gasteiger partial charge on any atom is 0.243 e. The second-order valence-electron chi connectivity index (χ2n) is 7.01. The van der Waals surface area contributed by atoms with Gasteiger partial charge in [0.05, 0.1) is 15.7 Å². The number of rotatable bonds is 5. The van der Waals surface area contributed by atoms with Crippen LogP contribution in [0.3, 0.4) is 0 Å². The van der Waals surface area contributed by atoms with Gasteiger partial charge in [-0.15, -0.1) is 0 Å². The Bertz CT molecular complexity index is 958. The third-order valence-electron chi connectivity index (χ3n) is 5.15. The van der Waals surface area contributed by atoms with Crippen molar-refractivity contribution in [3.8, 4) is 0 Å². The van der Waals surface area contributed by atoms with Gasteiger partial charge in [0.15, 0.2) is 0 Å². The normalized spacial score (nSPS) is 17.5. The summed E-state index contributed by atoms with van der Waals surface area (Å²) in [4.78, 5) is 19.1. The second-order valence-corrected chi connectivity index (χ2v) is 9.94. The van der Waals surface area contributed by atoms with Crippen molar-refractivity contribution in [2.24, 2.45) is 0 Å². The van der Waals surface area contributed by atoms with E-state index in [1.165, 1.54) is 11.8 Å². The van der Waals surface area contributed by atoms with Gasteiger partial charge in [-0.1, -0.05) is 17.8 Å². The number of fused-ring (bicyclic) bond motifs is 1. The molecule has 0 unspecified atom stereocenters. The number of anilines is 1. The summed E-state index contributed by atoms with van der Waals surface area (Å²) < 4.78 is 27.2. The van der Waals surface area contributed by atoms with Crippen LogP contribution in [0.1, 0.15) is 24.8 Å². The van der Waals surface area contributed by atoms with Gasteiger partial charge >= 0.3 is 0 Å². The van der Waals surface area contributed by atoms with Crippen molar-refractivity contribution in [1.82, 2.24) is 9.29 Å². The smallest absolute Gasteiger partial charge is 0.243 e. The Kier molecular flexibility index (Phi) is 5.70. The van der Waals surface area contributed by atoms with Crippen molar-refractivity contribution in [2.75, 3.05) is 30.3 Å². The molecule has 0 bridgehead atoms. The van der Waals surface area contributed by atoms with Gasteiger partial charge in [-0.05, 0) is 61.6 Å². The minimum Gasteiger partial charge on any atom is -0.311 e. The highest BCUT2D eigenvalue weighted by atomic mass is 32.2. The van der Waals surface area contributed by atoms with Crippen LogP contribution >= 0.6 is 11.8 Å². The van der Waals surface area contributed by atoms with Crippen molar-refractivity contribution in [3.05, 3.63) is 48.2 Å². The summed E-state index contributed by atoms with van der Waals surface area (Å²) >= 11 is 1.42. The van der Waals surface area contributed by atoms with Crippen molar-refractivity contribution in [1.29, 1.82) is 0 Å². The number of carbonyl (C=O) groups is 1. The Balaban J connectivity index is 1.52. The monoisotopic (exact) mass is 417 g/mol. The van der Waals surface area contributed by atoms with Crippen LogP contribution in [0.5, 0.6) is 0 Å². The maximum absolute atomic E-state index is 12.8. The molecule has 8 heteroatoms. The number of thioether (sulfide) groups is 1. The quantitative estimate of drug-likeness (QED) is 0.700. The maximum atomic E-state index is 12.8. The van der Waals surface area contributed by atoms with E-state index in [1.807, 2.05) is 18.2 Å². The van der Waals surface area contributed by atoms with Crippen LogP contribution in [-0.4, -0.2) is 49.0 Å². The number of carbonyl (C=O) groups excluding carboxylic acids is 1. The highest BCUT2D eigenvalue weighted by molar-refractivity contribution is 7.99. The molecular formula is C20H23N3O3S2. The Morgan fingerprint density at radius 3 is 2.64 bits per heavy atom. The third-order valence-corrected chi connectivity index (χ3v) is 7.98. The SMILES string of the molecule is O=C(CSc1ccccn1)N1CCCc2cc(S(=O)(=O)N3CCCC3)ccc21. The number of sulfonamides is 1. The van der Waals surface area contributed by atoms with Crippen molar-refractivity contribution < 1.29 is 13.2 Å². The Labute approximate surface area is 170 Å². The van der Waals surface area contributed by atoms with E-state index in [4.69, 9.17) is 0 Å². The molecule has 148 valence electrons. The number of hydrogen-bond acceptors (Lipinski definition) is 5. The fraction of sp³-hybridized carbons (Fsp3) is 0.400. The predicted molar refractivity (Wildman–Crippen MR) is 110 cm³/mol. The summed E-state index contributed by atoms with van der Waals surface area (Å²) in [6.07, 6.45) is 5.17. The molecule has 2 aromatic rings. The van der Waals surface area contributed by atoms with Crippen LogP contribution in [-0.2, 0) is 21.2 Å². The largest absolute Gasteiger partial charge is 0.311 e. The lowest BCUT2D eigenvalue weighted by molar-refractivity contribution is -0.116. The first-order chi connectivity index (χ1) is 13.6. The fourth-order valence-corrected chi connectivity index (χ4v) is 6.02. The highest BCUT2D eigenvalue weighted by Crippen LogP contribution is 2.32. The molecule has 1 fully saturated rings. The second kappa shape index (κ2) is 8.23. The molecule has 0 atom stereocenters. The van der Waals surface area contributed by atoms with Gasteiger partial charge < -0.3 is 4.90 Å². The summed E-state index contributed by atoms with van der Waals surface area (Å²) in [5, 5.41) is 0.820. The van der Waals surface area contributed by atoms with Gasteiger partial charge in [0.2, 0.25) is 15.9 Å². The van der Waals surface area contributed by atoms with Gasteiger partial charge in [-0.25, -0.2) is 13.4 Å². The number of benzene rings is 1. The zero-order valence-electron chi connectivity index (χ0n) is 15.6. The minimum absolute atomic E-state index is 0.0201. The van der Waals surface area contributed by atoms with E-state index in [2.05, 4.69) is 4.98 Å². The molecule has 4 rings (SSSR count). The van der Waals surface area contributed by atoms with Crippen LogP contribution < -0.4 is 4.90 Å². The number of aromatic nitrogens is 1. The minimum atomic E-state index is -3.44. The van der Waals surface area contributed by atoms with E-state index in [0.717, 1.165) is 42.0 Å². The zero-order valence-corrected chi connectivity index (χ0v) is 17.2. The van der Waals surface area contributed by atoms with E-state index >= 15 is 0 Å². The molecule has 1 aromatic carbocycles. The lowest BCUT2D eigenvalue weighted by Crippen LogP contribution is -2.37. The number of hydrogen-bond donors (Lipinski definition) is 0. The summed E-state index contributed by atoms with van der Waals surface area (Å²) in [5.74, 6) is 0.330. The van der Waals surface area contributed by atoms with E-state index < -0.39 is 10.0 Å². The Hall–Kier alpha value is -1.90. The summed E-state index contributed by atoms with van der Waals surface area (Å²) in [7, 11) is -3.44. The molecule has 1 amide bonds. The lowest BCUT2D eigenvalue weighted by atomic mass is 10.0. The molecule has 1 saturated heterocycles. The van der Waals surface area contributed by atoms with E-state index in [1.54, 1.807) is 33.6 Å². The fourth-order valence-electron chi connectivity index (χ4n) is 3.72. The van der Waals surface area contributed by atoms with E-state index in [9.17, 15) is 13.2 Å². The molecule has 0 N–H and O–H groups in total. The number of aryl methyl sites for hydroxylation is 1. The molecule has 3 heterocycles. The molecule has 2 aliphatic heterocycles. The number of pyridine rings is 1. The van der Waals surface area contributed by atoms with Gasteiger partial charge in [-0.2, -0.15) is 4.31 Å². The van der Waals surface area contributed by atoms with Crippen molar-refractivity contribution in [3.63, 3.8) is 0 Å². The van der Waals surface area contributed by atoms with Crippen LogP contribution in [0.4, 0.5) is 5.69 Å². The van der Waals surface area contributed by atoms with Gasteiger partial charge in [0.25, 0.3) is 0 Å². The lowest BCUT2D eigenvalue weighted by Gasteiger charge is -2.30. The van der Waals surface area contributed by atoms with Gasteiger partial charge in [-0.3, -0.25) is 4.79 Å². The first-order valence-corrected chi connectivity index (χ1v) is 12.0. The molecule has 28 heavy (non-hydrogen) atoms. The first kappa shape index (κ1) is 19.4. The average Bonchev–Trinajstić information content (AvgIpc) is 3.28. The summed E-state index contributed by atoms with van der Waals surface area (Å²) in [6.45, 7) is 1.84. The number of nitrogens with zero attached hydrogens (tertiary/aromatic N) is 3. The van der Waals surface area contributed by atoms with Crippen molar-refractivity contribution >= 4 is 33.4 Å². The van der Waals surface area contributed by atoms with Gasteiger partial charge in [0, 0.05) is 31.5 Å². The average molecular weight is 418 g/mol. The third kappa shape index (κ3) is 3.94. The van der Waals surface area contributed by atoms with Crippen LogP contribution in [0.2, 0.25) is 0 Å². The standard InChI is InChI=1S/C20H23N3O3S2/c24-20(15-27-19-7-1-2-10-21-19)23-13-5-6-16-14-17(8-9-18(16)23)28(25,26)22-11-3-4-12-22/h1-2,7-10,14H,3-6,11-13,15H2. The molecule has 0 spiro atoms. The van der Waals surface area contributed by atoms with Crippen LogP contribution in [0.15, 0.2) is 52.5 Å². The van der Waals surface area contributed by atoms with Crippen LogP contribution in [0, 0.1) is 0 Å². The molecule has 6 nitrogen and oxygen atoms in total. The molecule has 2 aliphatic rings. The van der Waals surface area contributed by atoms with Gasteiger partial charge in [0.1, 0.15) is 0 Å². The van der Waals surface area contributed by atoms with E-state index in [0.29, 0.717) is 30.3 Å². The topological polar surface area (TPSA) is 70.6 Å². The molecule has 0 radical (unpaired) electrons. The van der Waals surface area contributed by atoms with E-state index in [-0.39, 0.29) is 5.91 Å². The summed E-state index contributed by atoms with van der Waals surface area (Å²) in [5.41, 5.74) is 1.76. The molecule has 1 aromatic heterocycles. The van der Waals surface area contributed by atoms with Crippen molar-refractivity contribution in [2.45, 2.75) is 35.6 Å².